The van der Waals surface area contributed by atoms with Gasteiger partial charge in [-0.05, 0) is 58.0 Å². The quantitative estimate of drug-likeness (QED) is 0.795. The van der Waals surface area contributed by atoms with Crippen LogP contribution in [0.2, 0.25) is 0 Å². The Morgan fingerprint density at radius 3 is 2.41 bits per heavy atom. The summed E-state index contributed by atoms with van der Waals surface area (Å²) < 4.78 is 6.02. The first-order valence-corrected chi connectivity index (χ1v) is 10.0. The van der Waals surface area contributed by atoms with Crippen molar-refractivity contribution < 1.29 is 14.3 Å². The Morgan fingerprint density at radius 1 is 1.07 bits per heavy atom. The molecule has 3 aliphatic rings. The first-order chi connectivity index (χ1) is 13.1. The summed E-state index contributed by atoms with van der Waals surface area (Å²) in [6, 6.07) is 9.80. The fraction of sp³-hybridized carbons (Fsp3) is 0.619. The van der Waals surface area contributed by atoms with Gasteiger partial charge in [-0.2, -0.15) is 0 Å². The second kappa shape index (κ2) is 7.60. The Balaban J connectivity index is 1.38. The predicted octanol–water partition coefficient (Wildman–Crippen LogP) is 1.75. The molecule has 1 aromatic rings. The summed E-state index contributed by atoms with van der Waals surface area (Å²) in [7, 11) is 2.12. The Bertz CT molecular complexity index is 677. The first-order valence-electron chi connectivity index (χ1n) is 10.0. The number of carbonyl (C=O) groups excluding carboxylic acids is 2. The number of morpholine rings is 1. The first kappa shape index (κ1) is 18.4. The zero-order valence-electron chi connectivity index (χ0n) is 16.1. The minimum absolute atomic E-state index is 0.0108. The number of carbonyl (C=O) groups is 2. The van der Waals surface area contributed by atoms with Crippen molar-refractivity contribution in [3.8, 4) is 0 Å². The number of benzene rings is 1. The maximum atomic E-state index is 12.9. The van der Waals surface area contributed by atoms with Gasteiger partial charge < -0.3 is 19.4 Å². The summed E-state index contributed by atoms with van der Waals surface area (Å²) in [6.07, 6.45) is 3.51. The van der Waals surface area contributed by atoms with E-state index in [1.54, 1.807) is 0 Å². The average molecular weight is 371 g/mol. The SMILES string of the molecule is CN1CCC(C(=O)N2CCC3(CC2)CN(c2ccccc2)C(=O)CO3)CC1. The number of likely N-dealkylation sites (tertiary alicyclic amines) is 2. The number of para-hydroxylation sites is 1. The van der Waals surface area contributed by atoms with Crippen LogP contribution in [0.5, 0.6) is 0 Å². The Morgan fingerprint density at radius 2 is 1.74 bits per heavy atom. The fourth-order valence-corrected chi connectivity index (χ4v) is 4.51. The molecule has 146 valence electrons. The summed E-state index contributed by atoms with van der Waals surface area (Å²) >= 11 is 0. The highest BCUT2D eigenvalue weighted by Gasteiger charge is 2.44. The maximum absolute atomic E-state index is 12.9. The van der Waals surface area contributed by atoms with E-state index in [2.05, 4.69) is 11.9 Å². The molecule has 0 aliphatic carbocycles. The van der Waals surface area contributed by atoms with Gasteiger partial charge >= 0.3 is 0 Å². The highest BCUT2D eigenvalue weighted by atomic mass is 16.5. The molecule has 1 aromatic carbocycles. The molecule has 0 radical (unpaired) electrons. The lowest BCUT2D eigenvalue weighted by molar-refractivity contribution is -0.152. The molecule has 3 aliphatic heterocycles. The van der Waals surface area contributed by atoms with Crippen LogP contribution < -0.4 is 4.90 Å². The molecule has 3 saturated heterocycles. The molecule has 27 heavy (non-hydrogen) atoms. The van der Waals surface area contributed by atoms with Crippen LogP contribution in [0.3, 0.4) is 0 Å². The second-order valence-electron chi connectivity index (χ2n) is 8.19. The van der Waals surface area contributed by atoms with Gasteiger partial charge in [0.25, 0.3) is 5.91 Å². The summed E-state index contributed by atoms with van der Waals surface area (Å²) in [5.41, 5.74) is 0.600. The van der Waals surface area contributed by atoms with Gasteiger partial charge in [0.2, 0.25) is 5.91 Å². The van der Waals surface area contributed by atoms with Crippen molar-refractivity contribution in [1.82, 2.24) is 9.80 Å². The normalized spacial score (nSPS) is 24.4. The van der Waals surface area contributed by atoms with Crippen molar-refractivity contribution in [3.05, 3.63) is 30.3 Å². The molecule has 2 amide bonds. The summed E-state index contributed by atoms with van der Waals surface area (Å²) in [6.45, 7) is 4.16. The van der Waals surface area contributed by atoms with E-state index in [1.807, 2.05) is 40.1 Å². The van der Waals surface area contributed by atoms with E-state index in [1.165, 1.54) is 0 Å². The van der Waals surface area contributed by atoms with Crippen molar-refractivity contribution in [2.24, 2.45) is 5.92 Å². The lowest BCUT2D eigenvalue weighted by Gasteiger charge is -2.47. The molecule has 1 spiro atoms. The summed E-state index contributed by atoms with van der Waals surface area (Å²) in [5, 5.41) is 0. The third kappa shape index (κ3) is 3.87. The van der Waals surface area contributed by atoms with Crippen LogP contribution in [-0.4, -0.2) is 73.6 Å². The lowest BCUT2D eigenvalue weighted by Crippen LogP contribution is -2.60. The van der Waals surface area contributed by atoms with Gasteiger partial charge in [-0.1, -0.05) is 18.2 Å². The van der Waals surface area contributed by atoms with E-state index in [9.17, 15) is 9.59 Å². The van der Waals surface area contributed by atoms with Crippen LogP contribution in [0.1, 0.15) is 25.7 Å². The topological polar surface area (TPSA) is 53.1 Å². The van der Waals surface area contributed by atoms with Crippen LogP contribution in [-0.2, 0) is 14.3 Å². The Labute approximate surface area is 161 Å². The zero-order chi connectivity index (χ0) is 18.9. The molecule has 0 unspecified atom stereocenters. The van der Waals surface area contributed by atoms with Crippen molar-refractivity contribution >= 4 is 17.5 Å². The molecule has 0 aromatic heterocycles. The number of anilines is 1. The monoisotopic (exact) mass is 371 g/mol. The standard InChI is InChI=1S/C21H29N3O3/c1-22-11-7-17(8-12-22)20(26)23-13-9-21(10-14-23)16-24(19(25)15-27-21)18-5-3-2-4-6-18/h2-6,17H,7-16H2,1H3. The van der Waals surface area contributed by atoms with Crippen molar-refractivity contribution in [2.45, 2.75) is 31.3 Å². The lowest BCUT2D eigenvalue weighted by atomic mass is 9.87. The van der Waals surface area contributed by atoms with E-state index >= 15 is 0 Å². The third-order valence-electron chi connectivity index (χ3n) is 6.37. The minimum atomic E-state index is -0.326. The van der Waals surface area contributed by atoms with Crippen molar-refractivity contribution in [1.29, 1.82) is 0 Å². The van der Waals surface area contributed by atoms with Gasteiger partial charge in [0, 0.05) is 24.7 Å². The van der Waals surface area contributed by atoms with E-state index < -0.39 is 0 Å². The van der Waals surface area contributed by atoms with Gasteiger partial charge in [-0.3, -0.25) is 9.59 Å². The van der Waals surface area contributed by atoms with E-state index in [0.29, 0.717) is 12.5 Å². The molecule has 4 rings (SSSR count). The van der Waals surface area contributed by atoms with Gasteiger partial charge in [0.05, 0.1) is 12.1 Å². The number of hydrogen-bond donors (Lipinski definition) is 0. The van der Waals surface area contributed by atoms with Crippen LogP contribution >= 0.6 is 0 Å². The molecule has 0 bridgehead atoms. The van der Waals surface area contributed by atoms with Gasteiger partial charge in [0.15, 0.2) is 0 Å². The molecule has 3 fully saturated rings. The van der Waals surface area contributed by atoms with Gasteiger partial charge in [-0.25, -0.2) is 0 Å². The van der Waals surface area contributed by atoms with Crippen LogP contribution in [0.25, 0.3) is 0 Å². The van der Waals surface area contributed by atoms with Gasteiger partial charge in [-0.15, -0.1) is 0 Å². The Hall–Kier alpha value is -1.92. The van der Waals surface area contributed by atoms with E-state index in [4.69, 9.17) is 4.74 Å². The molecule has 0 atom stereocenters. The molecular formula is C21H29N3O3. The molecule has 6 heteroatoms. The van der Waals surface area contributed by atoms with Crippen molar-refractivity contribution in [2.75, 3.05) is 51.3 Å². The smallest absolute Gasteiger partial charge is 0.253 e. The van der Waals surface area contributed by atoms with Crippen molar-refractivity contribution in [3.63, 3.8) is 0 Å². The van der Waals surface area contributed by atoms with E-state index in [-0.39, 0.29) is 24.0 Å². The molecule has 0 saturated carbocycles. The number of ether oxygens (including phenoxy) is 1. The summed E-state index contributed by atoms with van der Waals surface area (Å²) in [4.78, 5) is 31.4. The van der Waals surface area contributed by atoms with Crippen LogP contribution in [0, 0.1) is 5.92 Å². The van der Waals surface area contributed by atoms with E-state index in [0.717, 1.165) is 57.5 Å². The number of rotatable bonds is 2. The number of nitrogens with zero attached hydrogens (tertiary/aromatic N) is 3. The second-order valence-corrected chi connectivity index (χ2v) is 8.19. The Kier molecular flexibility index (Phi) is 5.19. The summed E-state index contributed by atoms with van der Waals surface area (Å²) in [5.74, 6) is 0.492. The highest BCUT2D eigenvalue weighted by molar-refractivity contribution is 5.95. The highest BCUT2D eigenvalue weighted by Crippen LogP contribution is 2.33. The maximum Gasteiger partial charge on any atom is 0.253 e. The number of hydrogen-bond acceptors (Lipinski definition) is 4. The zero-order valence-corrected chi connectivity index (χ0v) is 16.1. The van der Waals surface area contributed by atoms with Gasteiger partial charge in [0.1, 0.15) is 6.61 Å². The molecule has 0 N–H and O–H groups in total. The number of amides is 2. The van der Waals surface area contributed by atoms with Crippen LogP contribution in [0.4, 0.5) is 5.69 Å². The minimum Gasteiger partial charge on any atom is -0.363 e. The molecule has 3 heterocycles. The van der Waals surface area contributed by atoms with Crippen LogP contribution in [0.15, 0.2) is 30.3 Å². The third-order valence-corrected chi connectivity index (χ3v) is 6.37. The average Bonchev–Trinajstić information content (AvgIpc) is 2.71. The molecule has 6 nitrogen and oxygen atoms in total. The number of piperidine rings is 2. The largest absolute Gasteiger partial charge is 0.363 e. The fourth-order valence-electron chi connectivity index (χ4n) is 4.51. The predicted molar refractivity (Wildman–Crippen MR) is 104 cm³/mol. The molecular weight excluding hydrogens is 342 g/mol.